The number of aryl methyl sites for hydroxylation is 1. The van der Waals surface area contributed by atoms with E-state index in [0.717, 1.165) is 29.0 Å². The van der Waals surface area contributed by atoms with Crippen molar-refractivity contribution in [3.63, 3.8) is 0 Å². The van der Waals surface area contributed by atoms with Crippen LogP contribution in [0.1, 0.15) is 11.1 Å². The lowest BCUT2D eigenvalue weighted by molar-refractivity contribution is 0.354. The first-order valence-corrected chi connectivity index (χ1v) is 7.34. The maximum atomic E-state index is 5.86. The lowest BCUT2D eigenvalue weighted by Crippen LogP contribution is -2.33. The van der Waals surface area contributed by atoms with E-state index in [2.05, 4.69) is 15.4 Å². The third-order valence-electron chi connectivity index (χ3n) is 3.36. The number of nitrogens with zero attached hydrogens (tertiary/aromatic N) is 3. The van der Waals surface area contributed by atoms with Crippen LogP contribution in [-0.2, 0) is 20.0 Å². The Labute approximate surface area is 159 Å². The Kier molecular flexibility index (Phi) is 8.37. The van der Waals surface area contributed by atoms with Crippen LogP contribution in [0, 0.1) is 0 Å². The molecule has 7 nitrogen and oxygen atoms in total. The number of aromatic nitrogens is 2. The molecule has 24 heavy (non-hydrogen) atoms. The standard InChI is InChI=1S/C16H23N5O2.HI/c1-21-11-13(10-20-21)9-19-16(17)18-7-6-12-4-5-14(22-2)15(8-12)23-3;/h4-5,8,10-11H,6-7,9H2,1-3H3,(H3,17,18,19);1H. The molecule has 0 fully saturated rings. The predicted molar refractivity (Wildman–Crippen MR) is 105 cm³/mol. The largest absolute Gasteiger partial charge is 0.493 e. The number of hydrogen-bond acceptors (Lipinski definition) is 4. The highest BCUT2D eigenvalue weighted by Crippen LogP contribution is 2.27. The summed E-state index contributed by atoms with van der Waals surface area (Å²) in [5.74, 6) is 1.87. The Morgan fingerprint density at radius 3 is 2.62 bits per heavy atom. The van der Waals surface area contributed by atoms with Crippen LogP contribution in [0.3, 0.4) is 0 Å². The third-order valence-corrected chi connectivity index (χ3v) is 3.36. The molecule has 8 heteroatoms. The van der Waals surface area contributed by atoms with E-state index in [1.54, 1.807) is 25.1 Å². The number of nitrogens with two attached hydrogens (primary N) is 1. The quantitative estimate of drug-likeness (QED) is 0.385. The van der Waals surface area contributed by atoms with Gasteiger partial charge in [-0.3, -0.25) is 4.68 Å². The van der Waals surface area contributed by atoms with Crippen LogP contribution >= 0.6 is 24.0 Å². The Bertz CT molecular complexity index is 672. The summed E-state index contributed by atoms with van der Waals surface area (Å²) in [6.45, 7) is 1.21. The molecular weight excluding hydrogens is 421 g/mol. The van der Waals surface area contributed by atoms with E-state index in [1.165, 1.54) is 0 Å². The predicted octanol–water partition coefficient (Wildman–Crippen LogP) is 1.70. The number of rotatable bonds is 7. The fraction of sp³-hybridized carbons (Fsp3) is 0.375. The molecule has 0 radical (unpaired) electrons. The van der Waals surface area contributed by atoms with Crippen molar-refractivity contribution < 1.29 is 9.47 Å². The summed E-state index contributed by atoms with van der Waals surface area (Å²) in [7, 11) is 5.12. The molecule has 0 amide bonds. The van der Waals surface area contributed by atoms with Crippen LogP contribution in [0.15, 0.2) is 35.6 Å². The van der Waals surface area contributed by atoms with Gasteiger partial charge in [-0.1, -0.05) is 6.07 Å². The zero-order valence-electron chi connectivity index (χ0n) is 14.2. The number of nitrogens with one attached hydrogen (secondary N) is 1. The first kappa shape index (κ1) is 20.1. The molecule has 0 saturated heterocycles. The highest BCUT2D eigenvalue weighted by atomic mass is 127. The fourth-order valence-electron chi connectivity index (χ4n) is 2.16. The second-order valence-corrected chi connectivity index (χ2v) is 5.09. The lowest BCUT2D eigenvalue weighted by Gasteiger charge is -2.10. The highest BCUT2D eigenvalue weighted by Gasteiger charge is 2.04. The van der Waals surface area contributed by atoms with Gasteiger partial charge in [-0.2, -0.15) is 5.10 Å². The van der Waals surface area contributed by atoms with Gasteiger partial charge < -0.3 is 20.5 Å². The Morgan fingerprint density at radius 1 is 1.25 bits per heavy atom. The van der Waals surface area contributed by atoms with Crippen LogP contribution < -0.4 is 20.5 Å². The summed E-state index contributed by atoms with van der Waals surface area (Å²) in [4.78, 5) is 4.29. The van der Waals surface area contributed by atoms with E-state index >= 15 is 0 Å². The zero-order chi connectivity index (χ0) is 16.7. The molecule has 0 atom stereocenters. The number of aliphatic imine (C=N–C) groups is 1. The first-order valence-electron chi connectivity index (χ1n) is 7.34. The first-order chi connectivity index (χ1) is 11.1. The molecule has 2 aromatic rings. The second kappa shape index (κ2) is 10.0. The van der Waals surface area contributed by atoms with Crippen molar-refractivity contribution in [2.45, 2.75) is 13.0 Å². The molecule has 132 valence electrons. The van der Waals surface area contributed by atoms with Gasteiger partial charge in [0.05, 0.1) is 27.0 Å². The topological polar surface area (TPSA) is 86.7 Å². The monoisotopic (exact) mass is 445 g/mol. The normalized spacial score (nSPS) is 10.9. The molecule has 2 rings (SSSR count). The summed E-state index contributed by atoms with van der Waals surface area (Å²) in [5.41, 5.74) is 8.02. The minimum Gasteiger partial charge on any atom is -0.493 e. The maximum Gasteiger partial charge on any atom is 0.188 e. The van der Waals surface area contributed by atoms with E-state index in [0.29, 0.717) is 19.0 Å². The molecule has 1 aromatic heterocycles. The van der Waals surface area contributed by atoms with Gasteiger partial charge in [0.15, 0.2) is 17.5 Å². The molecule has 0 aliphatic heterocycles. The number of benzene rings is 1. The number of ether oxygens (including phenoxy) is 2. The Morgan fingerprint density at radius 2 is 2.00 bits per heavy atom. The van der Waals surface area contributed by atoms with Crippen molar-refractivity contribution in [1.82, 2.24) is 15.1 Å². The van der Waals surface area contributed by atoms with Crippen molar-refractivity contribution >= 4 is 29.9 Å². The average Bonchev–Trinajstić information content (AvgIpc) is 2.98. The minimum absolute atomic E-state index is 0. The molecule has 1 aromatic carbocycles. The molecule has 0 aliphatic carbocycles. The molecular formula is C16H24IN5O2. The molecule has 3 N–H and O–H groups in total. The summed E-state index contributed by atoms with van der Waals surface area (Å²) in [5, 5.41) is 7.19. The van der Waals surface area contributed by atoms with E-state index in [4.69, 9.17) is 15.2 Å². The van der Waals surface area contributed by atoms with Crippen LogP contribution in [-0.4, -0.2) is 36.5 Å². The molecule has 0 unspecified atom stereocenters. The van der Waals surface area contributed by atoms with Crippen molar-refractivity contribution in [3.05, 3.63) is 41.7 Å². The number of hydrogen-bond donors (Lipinski definition) is 2. The van der Waals surface area contributed by atoms with Crippen molar-refractivity contribution in [2.24, 2.45) is 17.8 Å². The summed E-state index contributed by atoms with van der Waals surface area (Å²) < 4.78 is 12.3. The SMILES string of the molecule is COc1ccc(CCNC(N)=NCc2cnn(C)c2)cc1OC.I. The Hall–Kier alpha value is -1.97. The summed E-state index contributed by atoms with van der Waals surface area (Å²) >= 11 is 0. The number of halogens is 1. The second-order valence-electron chi connectivity index (χ2n) is 5.09. The zero-order valence-corrected chi connectivity index (χ0v) is 16.5. The highest BCUT2D eigenvalue weighted by molar-refractivity contribution is 14.0. The van der Waals surface area contributed by atoms with Crippen LogP contribution in [0.2, 0.25) is 0 Å². The van der Waals surface area contributed by atoms with Crippen LogP contribution in [0.5, 0.6) is 11.5 Å². The van der Waals surface area contributed by atoms with Gasteiger partial charge >= 0.3 is 0 Å². The fourth-order valence-corrected chi connectivity index (χ4v) is 2.16. The molecule has 1 heterocycles. The van der Waals surface area contributed by atoms with Gasteiger partial charge in [-0.25, -0.2) is 4.99 Å². The van der Waals surface area contributed by atoms with Crippen LogP contribution in [0.25, 0.3) is 0 Å². The van der Waals surface area contributed by atoms with Gasteiger partial charge in [0, 0.05) is 25.4 Å². The van der Waals surface area contributed by atoms with Gasteiger partial charge in [0.25, 0.3) is 0 Å². The van der Waals surface area contributed by atoms with E-state index in [1.807, 2.05) is 31.4 Å². The molecule has 0 bridgehead atoms. The van der Waals surface area contributed by atoms with Crippen molar-refractivity contribution in [1.29, 1.82) is 0 Å². The molecule has 0 saturated carbocycles. The summed E-state index contributed by atoms with van der Waals surface area (Å²) in [6.07, 6.45) is 4.50. The molecule has 0 spiro atoms. The number of guanidine groups is 1. The average molecular weight is 445 g/mol. The summed E-state index contributed by atoms with van der Waals surface area (Å²) in [6, 6.07) is 5.86. The van der Waals surface area contributed by atoms with Gasteiger partial charge in [0.1, 0.15) is 0 Å². The lowest BCUT2D eigenvalue weighted by atomic mass is 10.1. The van der Waals surface area contributed by atoms with E-state index < -0.39 is 0 Å². The maximum absolute atomic E-state index is 5.86. The minimum atomic E-state index is 0. The van der Waals surface area contributed by atoms with Gasteiger partial charge in [-0.05, 0) is 24.1 Å². The van der Waals surface area contributed by atoms with Gasteiger partial charge in [0.2, 0.25) is 0 Å². The van der Waals surface area contributed by atoms with Gasteiger partial charge in [-0.15, -0.1) is 24.0 Å². The van der Waals surface area contributed by atoms with Crippen molar-refractivity contribution in [3.8, 4) is 11.5 Å². The van der Waals surface area contributed by atoms with Crippen molar-refractivity contribution in [2.75, 3.05) is 20.8 Å². The number of methoxy groups -OCH3 is 2. The molecule has 0 aliphatic rings. The third kappa shape index (κ3) is 5.91. The van der Waals surface area contributed by atoms with E-state index in [9.17, 15) is 0 Å². The smallest absolute Gasteiger partial charge is 0.188 e. The van der Waals surface area contributed by atoms with E-state index in [-0.39, 0.29) is 24.0 Å². The Balaban J connectivity index is 0.00000288. The van der Waals surface area contributed by atoms with Crippen LogP contribution in [0.4, 0.5) is 0 Å².